The maximum absolute atomic E-state index is 4.59. The Kier molecular flexibility index (Phi) is 3.29. The number of fused-ring (bicyclic) bond motifs is 2. The van der Waals surface area contributed by atoms with E-state index in [0.29, 0.717) is 5.92 Å². The van der Waals surface area contributed by atoms with Crippen molar-refractivity contribution in [3.05, 3.63) is 47.8 Å². The van der Waals surface area contributed by atoms with E-state index in [2.05, 4.69) is 57.4 Å². The SMILES string of the molecule is CC(C)c1ccc2nn(CCc3cnc4cn[nH]c4c3)nc2c1. The van der Waals surface area contributed by atoms with Crippen molar-refractivity contribution in [2.24, 2.45) is 0 Å². The fraction of sp³-hybridized carbons (Fsp3) is 0.294. The van der Waals surface area contributed by atoms with E-state index in [1.54, 1.807) is 11.0 Å². The second-order valence-electron chi connectivity index (χ2n) is 6.10. The lowest BCUT2D eigenvalue weighted by atomic mass is 10.0. The van der Waals surface area contributed by atoms with Crippen LogP contribution in [-0.4, -0.2) is 30.2 Å². The van der Waals surface area contributed by atoms with Gasteiger partial charge in [0.2, 0.25) is 0 Å². The number of aromatic amines is 1. The van der Waals surface area contributed by atoms with Gasteiger partial charge < -0.3 is 0 Å². The molecule has 4 aromatic rings. The monoisotopic (exact) mass is 306 g/mol. The predicted octanol–water partition coefficient (Wildman–Crippen LogP) is 3.07. The Balaban J connectivity index is 1.55. The van der Waals surface area contributed by atoms with Crippen molar-refractivity contribution in [3.8, 4) is 0 Å². The summed E-state index contributed by atoms with van der Waals surface area (Å²) in [5, 5.41) is 16.1. The number of nitrogens with one attached hydrogen (secondary N) is 1. The Labute approximate surface area is 133 Å². The highest BCUT2D eigenvalue weighted by molar-refractivity contribution is 5.74. The number of aryl methyl sites for hydroxylation is 2. The van der Waals surface area contributed by atoms with Gasteiger partial charge in [-0.25, -0.2) is 0 Å². The molecule has 0 bridgehead atoms. The lowest BCUT2D eigenvalue weighted by Crippen LogP contribution is -2.05. The average molecular weight is 306 g/mol. The highest BCUT2D eigenvalue weighted by Crippen LogP contribution is 2.19. The van der Waals surface area contributed by atoms with E-state index in [9.17, 15) is 0 Å². The number of pyridine rings is 1. The van der Waals surface area contributed by atoms with E-state index in [0.717, 1.165) is 40.6 Å². The van der Waals surface area contributed by atoms with Gasteiger partial charge in [-0.3, -0.25) is 10.1 Å². The minimum absolute atomic E-state index is 0.497. The number of nitrogens with zero attached hydrogens (tertiary/aromatic N) is 5. The molecule has 0 fully saturated rings. The lowest BCUT2D eigenvalue weighted by molar-refractivity contribution is 0.544. The van der Waals surface area contributed by atoms with Crippen molar-refractivity contribution in [2.75, 3.05) is 0 Å². The van der Waals surface area contributed by atoms with Crippen LogP contribution in [-0.2, 0) is 13.0 Å². The van der Waals surface area contributed by atoms with Crippen LogP contribution in [0.3, 0.4) is 0 Å². The summed E-state index contributed by atoms with van der Waals surface area (Å²) in [6.07, 6.45) is 4.45. The first-order valence-electron chi connectivity index (χ1n) is 7.82. The lowest BCUT2D eigenvalue weighted by Gasteiger charge is -2.02. The fourth-order valence-electron chi connectivity index (χ4n) is 2.68. The van der Waals surface area contributed by atoms with E-state index >= 15 is 0 Å². The number of aromatic nitrogens is 6. The molecule has 0 aliphatic heterocycles. The van der Waals surface area contributed by atoms with E-state index in [-0.39, 0.29) is 0 Å². The molecule has 0 atom stereocenters. The Morgan fingerprint density at radius 3 is 2.78 bits per heavy atom. The standard InChI is InChI=1S/C17H18N6/c1-11(2)13-3-4-14-16(8-13)22-23(21-14)6-5-12-7-15-17(18-9-12)10-19-20-15/h3-4,7-11H,5-6H2,1-2H3,(H,19,20). The molecule has 0 amide bonds. The van der Waals surface area contributed by atoms with Gasteiger partial charge >= 0.3 is 0 Å². The van der Waals surface area contributed by atoms with Gasteiger partial charge in [-0.1, -0.05) is 19.9 Å². The summed E-state index contributed by atoms with van der Waals surface area (Å²) in [5.74, 6) is 0.497. The average Bonchev–Trinajstić information content (AvgIpc) is 3.17. The van der Waals surface area contributed by atoms with Crippen LogP contribution in [0.2, 0.25) is 0 Å². The maximum Gasteiger partial charge on any atom is 0.113 e. The molecule has 6 heteroatoms. The summed E-state index contributed by atoms with van der Waals surface area (Å²) < 4.78 is 0. The molecule has 6 nitrogen and oxygen atoms in total. The van der Waals surface area contributed by atoms with Crippen molar-refractivity contribution in [2.45, 2.75) is 32.7 Å². The molecule has 0 spiro atoms. The molecule has 0 aliphatic rings. The molecule has 1 aromatic carbocycles. The number of hydrogen-bond donors (Lipinski definition) is 1. The fourth-order valence-corrected chi connectivity index (χ4v) is 2.68. The van der Waals surface area contributed by atoms with Crippen LogP contribution in [0.5, 0.6) is 0 Å². The molecular weight excluding hydrogens is 288 g/mol. The van der Waals surface area contributed by atoms with Gasteiger partial charge in [0, 0.05) is 6.20 Å². The number of H-pyrrole nitrogens is 1. The van der Waals surface area contributed by atoms with Crippen LogP contribution in [0.1, 0.15) is 30.9 Å². The normalized spacial score (nSPS) is 11.8. The zero-order valence-corrected chi connectivity index (χ0v) is 13.2. The third-order valence-electron chi connectivity index (χ3n) is 4.06. The summed E-state index contributed by atoms with van der Waals surface area (Å²) in [6.45, 7) is 5.10. The summed E-state index contributed by atoms with van der Waals surface area (Å²) in [4.78, 5) is 6.15. The van der Waals surface area contributed by atoms with Gasteiger partial charge in [0.15, 0.2) is 0 Å². The Hall–Kier alpha value is -2.76. The summed E-state index contributed by atoms with van der Waals surface area (Å²) in [7, 11) is 0. The van der Waals surface area contributed by atoms with E-state index in [4.69, 9.17) is 0 Å². The third kappa shape index (κ3) is 2.67. The summed E-state index contributed by atoms with van der Waals surface area (Å²) in [5.41, 5.74) is 6.18. The Morgan fingerprint density at radius 2 is 1.91 bits per heavy atom. The van der Waals surface area contributed by atoms with Crippen molar-refractivity contribution in [1.82, 2.24) is 30.2 Å². The van der Waals surface area contributed by atoms with Crippen LogP contribution in [0.4, 0.5) is 0 Å². The second kappa shape index (κ2) is 5.46. The molecule has 0 saturated heterocycles. The summed E-state index contributed by atoms with van der Waals surface area (Å²) >= 11 is 0. The second-order valence-corrected chi connectivity index (χ2v) is 6.10. The maximum atomic E-state index is 4.59. The summed E-state index contributed by atoms with van der Waals surface area (Å²) in [6, 6.07) is 8.38. The highest BCUT2D eigenvalue weighted by atomic mass is 15.5. The molecule has 3 aromatic heterocycles. The number of hydrogen-bond acceptors (Lipinski definition) is 4. The Bertz CT molecular complexity index is 965. The largest absolute Gasteiger partial charge is 0.276 e. The minimum atomic E-state index is 0.497. The molecule has 1 N–H and O–H groups in total. The van der Waals surface area contributed by atoms with Crippen molar-refractivity contribution >= 4 is 22.1 Å². The van der Waals surface area contributed by atoms with Crippen LogP contribution in [0, 0.1) is 0 Å². The van der Waals surface area contributed by atoms with Crippen LogP contribution >= 0.6 is 0 Å². The zero-order chi connectivity index (χ0) is 15.8. The van der Waals surface area contributed by atoms with Crippen LogP contribution < -0.4 is 0 Å². The molecule has 0 saturated carbocycles. The third-order valence-corrected chi connectivity index (χ3v) is 4.06. The minimum Gasteiger partial charge on any atom is -0.276 e. The van der Waals surface area contributed by atoms with Crippen molar-refractivity contribution in [3.63, 3.8) is 0 Å². The topological polar surface area (TPSA) is 72.3 Å². The first-order valence-corrected chi connectivity index (χ1v) is 7.82. The molecular formula is C17H18N6. The highest BCUT2D eigenvalue weighted by Gasteiger charge is 2.07. The first-order chi connectivity index (χ1) is 11.2. The van der Waals surface area contributed by atoms with Gasteiger partial charge in [0.25, 0.3) is 0 Å². The molecule has 0 radical (unpaired) electrons. The zero-order valence-electron chi connectivity index (χ0n) is 13.2. The smallest absolute Gasteiger partial charge is 0.113 e. The van der Waals surface area contributed by atoms with E-state index in [1.807, 2.05) is 12.3 Å². The van der Waals surface area contributed by atoms with Crippen molar-refractivity contribution < 1.29 is 0 Å². The first kappa shape index (κ1) is 13.9. The van der Waals surface area contributed by atoms with Crippen LogP contribution in [0.25, 0.3) is 22.1 Å². The van der Waals surface area contributed by atoms with Gasteiger partial charge in [0.05, 0.1) is 18.3 Å². The van der Waals surface area contributed by atoms with Gasteiger partial charge in [-0.05, 0) is 41.7 Å². The Morgan fingerprint density at radius 1 is 1.04 bits per heavy atom. The van der Waals surface area contributed by atoms with Gasteiger partial charge in [0.1, 0.15) is 16.6 Å². The molecule has 4 rings (SSSR count). The predicted molar refractivity (Wildman–Crippen MR) is 89.2 cm³/mol. The molecule has 0 unspecified atom stereocenters. The molecule has 116 valence electrons. The van der Waals surface area contributed by atoms with Gasteiger partial charge in [-0.2, -0.15) is 20.1 Å². The van der Waals surface area contributed by atoms with E-state index in [1.165, 1.54) is 5.56 Å². The number of rotatable bonds is 4. The quantitative estimate of drug-likeness (QED) is 0.629. The van der Waals surface area contributed by atoms with Crippen molar-refractivity contribution in [1.29, 1.82) is 0 Å². The van der Waals surface area contributed by atoms with Gasteiger partial charge in [-0.15, -0.1) is 0 Å². The van der Waals surface area contributed by atoms with Crippen LogP contribution in [0.15, 0.2) is 36.7 Å². The van der Waals surface area contributed by atoms with E-state index < -0.39 is 0 Å². The molecule has 23 heavy (non-hydrogen) atoms. The molecule has 3 heterocycles. The molecule has 0 aliphatic carbocycles. The number of benzene rings is 1.